The highest BCUT2D eigenvalue weighted by atomic mass is 16.6. The Bertz CT molecular complexity index is 901. The second-order valence-electron chi connectivity index (χ2n) is 8.22. The van der Waals surface area contributed by atoms with Crippen LogP contribution in [0.15, 0.2) is 60.7 Å². The van der Waals surface area contributed by atoms with E-state index in [9.17, 15) is 14.4 Å². The normalized spacial score (nSPS) is 16.5. The number of carbonyl (C=O) groups excluding carboxylic acids is 3. The van der Waals surface area contributed by atoms with Crippen molar-refractivity contribution in [2.24, 2.45) is 5.92 Å². The van der Waals surface area contributed by atoms with Crippen LogP contribution in [0.4, 0.5) is 4.79 Å². The summed E-state index contributed by atoms with van der Waals surface area (Å²) in [4.78, 5) is 39.6. The third-order valence-corrected chi connectivity index (χ3v) is 5.44. The van der Waals surface area contributed by atoms with Gasteiger partial charge in [0.2, 0.25) is 5.91 Å². The van der Waals surface area contributed by atoms with Crippen molar-refractivity contribution in [3.63, 3.8) is 0 Å². The molecule has 2 amide bonds. The minimum absolute atomic E-state index is 0.139. The predicted molar refractivity (Wildman–Crippen MR) is 119 cm³/mol. The number of esters is 1. The van der Waals surface area contributed by atoms with Crippen molar-refractivity contribution in [1.29, 1.82) is 0 Å². The van der Waals surface area contributed by atoms with E-state index >= 15 is 0 Å². The van der Waals surface area contributed by atoms with Crippen molar-refractivity contribution >= 4 is 18.0 Å². The second kappa shape index (κ2) is 11.3. The molecule has 0 saturated carbocycles. The largest absolute Gasteiger partial charge is 0.459 e. The molecule has 0 unspecified atom stereocenters. The Labute approximate surface area is 188 Å². The lowest BCUT2D eigenvalue weighted by Crippen LogP contribution is -2.52. The summed E-state index contributed by atoms with van der Waals surface area (Å²) in [6, 6.07) is 17.3. The highest BCUT2D eigenvalue weighted by molar-refractivity contribution is 5.90. The standard InChI is InChI=1S/C25H30N2O5/c1-18(2)22(24(29)31-16-19-10-5-3-6-11-19)26-23(28)21-14-9-15-27(21)25(30)32-17-20-12-7-4-8-13-20/h3-8,10-13,18,21-22H,9,14-17H2,1-2H3,(H,26,28)/t21-,22-/m1/s1. The van der Waals surface area contributed by atoms with Gasteiger partial charge >= 0.3 is 12.1 Å². The quantitative estimate of drug-likeness (QED) is 0.636. The number of amides is 2. The van der Waals surface area contributed by atoms with E-state index in [4.69, 9.17) is 9.47 Å². The molecule has 0 aromatic heterocycles. The van der Waals surface area contributed by atoms with Crippen LogP contribution in [0.5, 0.6) is 0 Å². The zero-order valence-corrected chi connectivity index (χ0v) is 18.5. The topological polar surface area (TPSA) is 84.9 Å². The number of rotatable bonds is 8. The van der Waals surface area contributed by atoms with Crippen LogP contribution in [0, 0.1) is 5.92 Å². The molecular formula is C25H30N2O5. The fourth-order valence-electron chi connectivity index (χ4n) is 3.63. The molecule has 1 saturated heterocycles. The number of benzene rings is 2. The van der Waals surface area contributed by atoms with Crippen molar-refractivity contribution in [2.45, 2.75) is 52.0 Å². The van der Waals surface area contributed by atoms with Crippen LogP contribution in [0.3, 0.4) is 0 Å². The third kappa shape index (κ3) is 6.33. The number of likely N-dealkylation sites (tertiary alicyclic amines) is 1. The average Bonchev–Trinajstić information content (AvgIpc) is 3.31. The second-order valence-corrected chi connectivity index (χ2v) is 8.22. The third-order valence-electron chi connectivity index (χ3n) is 5.44. The number of hydrogen-bond acceptors (Lipinski definition) is 5. The van der Waals surface area contributed by atoms with Crippen LogP contribution in [0.25, 0.3) is 0 Å². The zero-order valence-electron chi connectivity index (χ0n) is 18.5. The monoisotopic (exact) mass is 438 g/mol. The Balaban J connectivity index is 1.56. The van der Waals surface area contributed by atoms with E-state index < -0.39 is 24.1 Å². The molecule has 2 aromatic rings. The van der Waals surface area contributed by atoms with Gasteiger partial charge in [0, 0.05) is 6.54 Å². The number of carbonyl (C=O) groups is 3. The van der Waals surface area contributed by atoms with Gasteiger partial charge in [-0.1, -0.05) is 74.5 Å². The van der Waals surface area contributed by atoms with Crippen molar-refractivity contribution in [3.8, 4) is 0 Å². The Morgan fingerprint density at radius 2 is 1.50 bits per heavy atom. The van der Waals surface area contributed by atoms with Crippen LogP contribution in [-0.2, 0) is 32.3 Å². The first-order chi connectivity index (χ1) is 15.5. The van der Waals surface area contributed by atoms with E-state index in [0.717, 1.165) is 11.1 Å². The van der Waals surface area contributed by atoms with Gasteiger partial charge in [-0.15, -0.1) is 0 Å². The molecule has 0 spiro atoms. The molecule has 0 radical (unpaired) electrons. The minimum Gasteiger partial charge on any atom is -0.459 e. The van der Waals surface area contributed by atoms with Crippen molar-refractivity contribution in [3.05, 3.63) is 71.8 Å². The Morgan fingerprint density at radius 1 is 0.938 bits per heavy atom. The van der Waals surface area contributed by atoms with Crippen LogP contribution in [0.2, 0.25) is 0 Å². The highest BCUT2D eigenvalue weighted by Crippen LogP contribution is 2.20. The lowest BCUT2D eigenvalue weighted by atomic mass is 10.0. The van der Waals surface area contributed by atoms with E-state index in [1.807, 2.05) is 74.5 Å². The van der Waals surface area contributed by atoms with Crippen molar-refractivity contribution < 1.29 is 23.9 Å². The maximum atomic E-state index is 13.0. The van der Waals surface area contributed by atoms with Gasteiger partial charge in [-0.3, -0.25) is 9.69 Å². The molecule has 1 fully saturated rings. The minimum atomic E-state index is -0.797. The van der Waals surface area contributed by atoms with Crippen LogP contribution in [0.1, 0.15) is 37.8 Å². The summed E-state index contributed by atoms with van der Waals surface area (Å²) < 4.78 is 10.8. The summed E-state index contributed by atoms with van der Waals surface area (Å²) in [5, 5.41) is 2.79. The molecule has 1 heterocycles. The number of nitrogens with one attached hydrogen (secondary N) is 1. The summed E-state index contributed by atoms with van der Waals surface area (Å²) in [5.74, 6) is -1.02. The number of ether oxygens (including phenoxy) is 2. The van der Waals surface area contributed by atoms with Gasteiger partial charge in [-0.25, -0.2) is 9.59 Å². The predicted octanol–water partition coefficient (Wildman–Crippen LogP) is 3.67. The van der Waals surface area contributed by atoms with Crippen molar-refractivity contribution in [1.82, 2.24) is 10.2 Å². The smallest absolute Gasteiger partial charge is 0.410 e. The molecule has 2 atom stereocenters. The first-order valence-electron chi connectivity index (χ1n) is 10.9. The summed E-state index contributed by atoms with van der Waals surface area (Å²) in [7, 11) is 0. The molecule has 1 aliphatic heterocycles. The molecule has 32 heavy (non-hydrogen) atoms. The molecular weight excluding hydrogens is 408 g/mol. The molecule has 2 aromatic carbocycles. The average molecular weight is 439 g/mol. The molecule has 3 rings (SSSR count). The van der Waals surface area contributed by atoms with Gasteiger partial charge in [-0.2, -0.15) is 0 Å². The summed E-state index contributed by atoms with van der Waals surface area (Å²) >= 11 is 0. The van der Waals surface area contributed by atoms with Gasteiger partial charge in [0.15, 0.2) is 0 Å². The van der Waals surface area contributed by atoms with Crippen LogP contribution >= 0.6 is 0 Å². The molecule has 170 valence electrons. The lowest BCUT2D eigenvalue weighted by molar-refractivity contribution is -0.150. The summed E-state index contributed by atoms with van der Waals surface area (Å²) in [5.41, 5.74) is 1.75. The van der Waals surface area contributed by atoms with Crippen LogP contribution < -0.4 is 5.32 Å². The Hall–Kier alpha value is -3.35. The highest BCUT2D eigenvalue weighted by Gasteiger charge is 2.37. The SMILES string of the molecule is CC(C)[C@@H](NC(=O)[C@H]1CCCN1C(=O)OCc1ccccc1)C(=O)OCc1ccccc1. The van der Waals surface area contributed by atoms with Crippen LogP contribution in [-0.4, -0.2) is 41.5 Å². The first-order valence-corrected chi connectivity index (χ1v) is 10.9. The maximum Gasteiger partial charge on any atom is 0.410 e. The molecule has 0 bridgehead atoms. The zero-order chi connectivity index (χ0) is 22.9. The van der Waals surface area contributed by atoms with Gasteiger partial charge in [-0.05, 0) is 29.9 Å². The van der Waals surface area contributed by atoms with Gasteiger partial charge in [0.25, 0.3) is 0 Å². The fourth-order valence-corrected chi connectivity index (χ4v) is 3.63. The maximum absolute atomic E-state index is 13.0. The fraction of sp³-hybridized carbons (Fsp3) is 0.400. The van der Waals surface area contributed by atoms with E-state index in [1.165, 1.54) is 4.90 Å². The van der Waals surface area contributed by atoms with Gasteiger partial charge < -0.3 is 14.8 Å². The molecule has 0 aliphatic carbocycles. The lowest BCUT2D eigenvalue weighted by Gasteiger charge is -2.27. The van der Waals surface area contributed by atoms with E-state index in [-0.39, 0.29) is 25.0 Å². The van der Waals surface area contributed by atoms with Gasteiger partial charge in [0.1, 0.15) is 25.3 Å². The molecule has 1 N–H and O–H groups in total. The Morgan fingerprint density at radius 3 is 2.06 bits per heavy atom. The Kier molecular flexibility index (Phi) is 8.25. The molecule has 1 aliphatic rings. The summed E-state index contributed by atoms with van der Waals surface area (Å²) in [6.45, 7) is 4.41. The van der Waals surface area contributed by atoms with Gasteiger partial charge in [0.05, 0.1) is 0 Å². The summed E-state index contributed by atoms with van der Waals surface area (Å²) in [6.07, 6.45) is 0.693. The molecule has 7 heteroatoms. The first kappa shape index (κ1) is 23.3. The number of hydrogen-bond donors (Lipinski definition) is 1. The van der Waals surface area contributed by atoms with Crippen molar-refractivity contribution in [2.75, 3.05) is 6.54 Å². The van der Waals surface area contributed by atoms with E-state index in [0.29, 0.717) is 19.4 Å². The van der Waals surface area contributed by atoms with E-state index in [2.05, 4.69) is 5.32 Å². The number of nitrogens with zero attached hydrogens (tertiary/aromatic N) is 1. The van der Waals surface area contributed by atoms with E-state index in [1.54, 1.807) is 0 Å². The molecule has 7 nitrogen and oxygen atoms in total.